The number of hydrogen-bond acceptors (Lipinski definition) is 4. The van der Waals surface area contributed by atoms with Gasteiger partial charge in [0.05, 0.1) is 12.2 Å². The highest BCUT2D eigenvalue weighted by Gasteiger charge is 2.55. The number of carbonyl (C=O) groups is 1. The number of aliphatic hydroxyl groups is 2. The zero-order valence-corrected chi connectivity index (χ0v) is 20.3. The number of carboxylic acids is 1. The monoisotopic (exact) mass is 467 g/mol. The van der Waals surface area contributed by atoms with E-state index in [1.165, 1.54) is 5.57 Å². The van der Waals surface area contributed by atoms with Crippen molar-refractivity contribution in [3.8, 4) is 23.7 Å². The number of fused-ring (bicyclic) bond motifs is 1. The van der Waals surface area contributed by atoms with E-state index in [0.717, 1.165) is 19.3 Å². The summed E-state index contributed by atoms with van der Waals surface area (Å²) in [6.45, 7) is 4.17. The molecule has 2 saturated carbocycles. The number of nitrogens with zero attached hydrogens (tertiary/aromatic N) is 3. The zero-order chi connectivity index (χ0) is 25.0. The molecule has 1 unspecified atom stereocenters. The average molecular weight is 468 g/mol. The minimum absolute atomic E-state index is 0.0103. The first kappa shape index (κ1) is 27.5. The quantitative estimate of drug-likeness (QED) is 0.0986. The predicted octanol–water partition coefficient (Wildman–Crippen LogP) is 5.01. The molecule has 0 radical (unpaired) electrons. The van der Waals surface area contributed by atoms with Gasteiger partial charge in [0, 0.05) is 42.1 Å². The number of allylic oxidation sites excluding steroid dienone is 2. The number of unbranched alkanes of at least 4 members (excludes halogenated alkanes) is 2. The van der Waals surface area contributed by atoms with Gasteiger partial charge >= 0.3 is 5.97 Å². The van der Waals surface area contributed by atoms with Crippen molar-refractivity contribution in [3.63, 3.8) is 0 Å². The summed E-state index contributed by atoms with van der Waals surface area (Å²) in [7, 11) is 0. The first-order valence-electron chi connectivity index (χ1n) is 12.2. The van der Waals surface area contributed by atoms with E-state index in [0.29, 0.717) is 38.6 Å². The van der Waals surface area contributed by atoms with Crippen molar-refractivity contribution in [2.45, 2.75) is 83.8 Å². The van der Waals surface area contributed by atoms with E-state index in [9.17, 15) is 15.0 Å². The third-order valence-corrected chi connectivity index (χ3v) is 6.92. The lowest BCUT2D eigenvalue weighted by Crippen LogP contribution is -2.21. The molecule has 0 aromatic carbocycles. The number of azide groups is 1. The maximum Gasteiger partial charge on any atom is 0.303 e. The maximum atomic E-state index is 10.9. The molecule has 2 rings (SSSR count). The largest absolute Gasteiger partial charge is 0.481 e. The number of aliphatic hydroxyl groups excluding tert-OH is 2. The molecule has 6 atom stereocenters. The molecule has 0 amide bonds. The smallest absolute Gasteiger partial charge is 0.303 e. The van der Waals surface area contributed by atoms with Gasteiger partial charge in [-0.25, -0.2) is 0 Å². The van der Waals surface area contributed by atoms with Gasteiger partial charge in [-0.2, -0.15) is 0 Å². The second-order valence-corrected chi connectivity index (χ2v) is 9.48. The van der Waals surface area contributed by atoms with E-state index in [1.54, 1.807) is 13.0 Å². The molecule has 3 N–H and O–H groups in total. The van der Waals surface area contributed by atoms with Crippen molar-refractivity contribution < 1.29 is 20.1 Å². The van der Waals surface area contributed by atoms with Gasteiger partial charge in [-0.3, -0.25) is 4.79 Å². The highest BCUT2D eigenvalue weighted by molar-refractivity contribution is 5.66. The van der Waals surface area contributed by atoms with E-state index in [1.807, 2.05) is 13.0 Å². The van der Waals surface area contributed by atoms with Gasteiger partial charge in [0.15, 0.2) is 0 Å². The van der Waals surface area contributed by atoms with Crippen molar-refractivity contribution in [2.24, 2.45) is 28.3 Å². The third-order valence-electron chi connectivity index (χ3n) is 6.92. The standard InChI is InChI=1S/C27H37N3O4/c1-3-4-10-20(2)24(31)14-13-22-23-17-21(11-6-7-12-26(33)34)18-27(23,19-25(22)32)15-8-5-9-16-29-30-28/h11,13-14,20,22-25,31-32H,5-7,9-10,12,16-19H2,1-2H3,(H,33,34)/b14-13+,21-11-/t20?,22-,23-,24-,25-,27+/m1/s1. The van der Waals surface area contributed by atoms with E-state index in [2.05, 4.69) is 39.8 Å². The Morgan fingerprint density at radius 1 is 1.38 bits per heavy atom. The normalized spacial score (nSPS) is 28.4. The minimum atomic E-state index is -0.782. The van der Waals surface area contributed by atoms with Crippen LogP contribution in [0, 0.1) is 46.9 Å². The van der Waals surface area contributed by atoms with Crippen LogP contribution in [0.2, 0.25) is 0 Å². The molecule has 34 heavy (non-hydrogen) atoms. The molecule has 0 aromatic rings. The molecule has 7 nitrogen and oxygen atoms in total. The number of aliphatic carboxylic acids is 1. The fourth-order valence-corrected chi connectivity index (χ4v) is 5.09. The summed E-state index contributed by atoms with van der Waals surface area (Å²) >= 11 is 0. The summed E-state index contributed by atoms with van der Waals surface area (Å²) in [6, 6.07) is 0. The highest BCUT2D eigenvalue weighted by Crippen LogP contribution is 2.59. The molecule has 7 heteroatoms. The molecule has 0 heterocycles. The fraction of sp³-hybridized carbons (Fsp3) is 0.667. The SMILES string of the molecule is CC#CCC(C)[C@H](O)/C=C/[C@H]1[C@H](O)C[C@]2(C#CCCCN=[N+]=[N-])C/C(=C\CCCC(=O)O)C[C@H]12. The first-order chi connectivity index (χ1) is 16.3. The van der Waals surface area contributed by atoms with Gasteiger partial charge in [0.25, 0.3) is 0 Å². The molecule has 0 spiro atoms. The molecule has 0 bridgehead atoms. The van der Waals surface area contributed by atoms with E-state index < -0.39 is 18.2 Å². The number of rotatable bonds is 11. The summed E-state index contributed by atoms with van der Waals surface area (Å²) < 4.78 is 0. The Bertz CT molecular complexity index is 929. The van der Waals surface area contributed by atoms with Crippen molar-refractivity contribution >= 4 is 5.97 Å². The van der Waals surface area contributed by atoms with E-state index in [4.69, 9.17) is 10.6 Å². The second-order valence-electron chi connectivity index (χ2n) is 9.48. The Labute approximate surface area is 203 Å². The molecule has 2 aliphatic carbocycles. The van der Waals surface area contributed by atoms with E-state index in [-0.39, 0.29) is 29.6 Å². The average Bonchev–Trinajstić information content (AvgIpc) is 3.26. The van der Waals surface area contributed by atoms with Crippen molar-refractivity contribution in [2.75, 3.05) is 6.54 Å². The lowest BCUT2D eigenvalue weighted by atomic mass is 9.78. The van der Waals surface area contributed by atoms with Crippen LogP contribution in [-0.2, 0) is 4.79 Å². The summed E-state index contributed by atoms with van der Waals surface area (Å²) in [5, 5.41) is 33.9. The Balaban J connectivity index is 2.17. The maximum absolute atomic E-state index is 10.9. The van der Waals surface area contributed by atoms with Crippen LogP contribution in [0.4, 0.5) is 0 Å². The number of hydrogen-bond donors (Lipinski definition) is 3. The van der Waals surface area contributed by atoms with Gasteiger partial charge in [0.2, 0.25) is 0 Å². The van der Waals surface area contributed by atoms with Gasteiger partial charge < -0.3 is 15.3 Å². The zero-order valence-electron chi connectivity index (χ0n) is 20.3. The Morgan fingerprint density at radius 2 is 2.18 bits per heavy atom. The molecular weight excluding hydrogens is 430 g/mol. The molecule has 0 aliphatic heterocycles. The fourth-order valence-electron chi connectivity index (χ4n) is 5.09. The van der Waals surface area contributed by atoms with Crippen molar-refractivity contribution in [3.05, 3.63) is 34.2 Å². The Hall–Kier alpha value is -2.70. The molecule has 2 aliphatic rings. The van der Waals surface area contributed by atoms with E-state index >= 15 is 0 Å². The van der Waals surface area contributed by atoms with Crippen molar-refractivity contribution in [1.29, 1.82) is 0 Å². The highest BCUT2D eigenvalue weighted by atomic mass is 16.4. The van der Waals surface area contributed by atoms with Gasteiger partial charge in [0.1, 0.15) is 0 Å². The summed E-state index contributed by atoms with van der Waals surface area (Å²) in [6.07, 6.45) is 10.4. The van der Waals surface area contributed by atoms with Crippen LogP contribution in [0.25, 0.3) is 10.4 Å². The molecule has 0 aromatic heterocycles. The number of carboxylic acid groups (broad SMARTS) is 1. The Morgan fingerprint density at radius 3 is 2.88 bits per heavy atom. The van der Waals surface area contributed by atoms with Crippen LogP contribution in [0.3, 0.4) is 0 Å². The van der Waals surface area contributed by atoms with Crippen LogP contribution in [-0.4, -0.2) is 40.0 Å². The van der Waals surface area contributed by atoms with Crippen LogP contribution in [0.15, 0.2) is 28.9 Å². The lowest BCUT2D eigenvalue weighted by Gasteiger charge is -2.24. The van der Waals surface area contributed by atoms with Crippen molar-refractivity contribution in [1.82, 2.24) is 0 Å². The van der Waals surface area contributed by atoms with Gasteiger partial charge in [-0.15, -0.1) is 17.8 Å². The second kappa shape index (κ2) is 13.9. The van der Waals surface area contributed by atoms with Gasteiger partial charge in [-0.1, -0.05) is 41.8 Å². The van der Waals surface area contributed by atoms with Crippen LogP contribution < -0.4 is 0 Å². The summed E-state index contributed by atoms with van der Waals surface area (Å²) in [5.41, 5.74) is 9.37. The van der Waals surface area contributed by atoms with Crippen LogP contribution >= 0.6 is 0 Å². The summed E-state index contributed by atoms with van der Waals surface area (Å²) in [5.74, 6) is 11.9. The van der Waals surface area contributed by atoms with Crippen LogP contribution in [0.1, 0.15) is 71.6 Å². The van der Waals surface area contributed by atoms with Gasteiger partial charge in [-0.05, 0) is 62.8 Å². The molecule has 0 saturated heterocycles. The summed E-state index contributed by atoms with van der Waals surface area (Å²) in [4.78, 5) is 13.6. The third kappa shape index (κ3) is 7.96. The predicted molar refractivity (Wildman–Crippen MR) is 132 cm³/mol. The minimum Gasteiger partial charge on any atom is -0.481 e. The molecule has 2 fully saturated rings. The van der Waals surface area contributed by atoms with Crippen LogP contribution in [0.5, 0.6) is 0 Å². The lowest BCUT2D eigenvalue weighted by molar-refractivity contribution is -0.137. The Kier molecular flexibility index (Phi) is 11.2. The topological polar surface area (TPSA) is 127 Å². The molecular formula is C27H37N3O4. The first-order valence-corrected chi connectivity index (χ1v) is 12.2. The molecule has 184 valence electrons.